The molecule has 19 heavy (non-hydrogen) atoms. The highest BCUT2D eigenvalue weighted by Crippen LogP contribution is 2.14. The van der Waals surface area contributed by atoms with Crippen LogP contribution >= 0.6 is 11.3 Å². The number of aryl methyl sites for hydroxylation is 1. The molecule has 0 fully saturated rings. The zero-order valence-electron chi connectivity index (χ0n) is 12.0. The molecule has 3 N–H and O–H groups in total. The van der Waals surface area contributed by atoms with Crippen molar-refractivity contribution in [1.82, 2.24) is 15.6 Å². The molecule has 1 rings (SSSR count). The standard InChI is InChI=1S/C13H23N3O2S/c1-9(2)13(4,18)8-15-12(17)14-6-5-11-7-19-10(3)16-11/h7,9,18H,5-6,8H2,1-4H3,(H2,14,15,17). The van der Waals surface area contributed by atoms with Crippen molar-refractivity contribution in [3.63, 3.8) is 0 Å². The van der Waals surface area contributed by atoms with Crippen molar-refractivity contribution in [2.45, 2.75) is 39.7 Å². The van der Waals surface area contributed by atoms with Gasteiger partial charge < -0.3 is 15.7 Å². The maximum atomic E-state index is 11.6. The van der Waals surface area contributed by atoms with Crippen molar-refractivity contribution in [1.29, 1.82) is 0 Å². The van der Waals surface area contributed by atoms with Crippen LogP contribution in [-0.4, -0.2) is 34.8 Å². The molecule has 0 bridgehead atoms. The molecule has 1 aromatic rings. The van der Waals surface area contributed by atoms with Crippen LogP contribution in [0.2, 0.25) is 0 Å². The lowest BCUT2D eigenvalue weighted by Crippen LogP contribution is -2.47. The summed E-state index contributed by atoms with van der Waals surface area (Å²) in [5.74, 6) is 0.0887. The Labute approximate surface area is 118 Å². The van der Waals surface area contributed by atoms with Crippen molar-refractivity contribution in [2.75, 3.05) is 13.1 Å². The van der Waals surface area contributed by atoms with Crippen LogP contribution < -0.4 is 10.6 Å². The van der Waals surface area contributed by atoms with Crippen molar-refractivity contribution in [3.05, 3.63) is 16.1 Å². The third-order valence-electron chi connectivity index (χ3n) is 3.18. The molecular weight excluding hydrogens is 262 g/mol. The minimum atomic E-state index is -0.886. The number of amides is 2. The molecule has 0 aliphatic rings. The minimum absolute atomic E-state index is 0.0887. The monoisotopic (exact) mass is 285 g/mol. The Bertz CT molecular complexity index is 416. The van der Waals surface area contributed by atoms with Crippen LogP contribution in [0.15, 0.2) is 5.38 Å². The molecule has 0 spiro atoms. The third kappa shape index (κ3) is 5.57. The quantitative estimate of drug-likeness (QED) is 0.745. The Hall–Kier alpha value is -1.14. The Kier molecular flexibility index (Phi) is 5.75. The van der Waals surface area contributed by atoms with Crippen LogP contribution in [0.1, 0.15) is 31.5 Å². The lowest BCUT2D eigenvalue weighted by atomic mass is 9.93. The number of carbonyl (C=O) groups excluding carboxylic acids is 1. The summed E-state index contributed by atoms with van der Waals surface area (Å²) in [7, 11) is 0. The molecule has 0 aromatic carbocycles. The van der Waals surface area contributed by atoms with Gasteiger partial charge in [0, 0.05) is 24.9 Å². The Morgan fingerprint density at radius 3 is 2.74 bits per heavy atom. The van der Waals surface area contributed by atoms with Crippen molar-refractivity contribution in [2.24, 2.45) is 5.92 Å². The molecule has 0 saturated carbocycles. The van der Waals surface area contributed by atoms with E-state index < -0.39 is 5.60 Å². The van der Waals surface area contributed by atoms with E-state index in [-0.39, 0.29) is 18.5 Å². The van der Waals surface area contributed by atoms with Crippen LogP contribution in [0, 0.1) is 12.8 Å². The Morgan fingerprint density at radius 2 is 2.21 bits per heavy atom. The summed E-state index contributed by atoms with van der Waals surface area (Å²) in [5, 5.41) is 18.5. The molecule has 6 heteroatoms. The highest BCUT2D eigenvalue weighted by Gasteiger charge is 2.25. The first-order chi connectivity index (χ1) is 8.81. The van der Waals surface area contributed by atoms with Crippen LogP contribution in [0.5, 0.6) is 0 Å². The van der Waals surface area contributed by atoms with E-state index in [2.05, 4.69) is 15.6 Å². The average Bonchev–Trinajstić information content (AvgIpc) is 2.72. The normalized spacial score (nSPS) is 14.2. The molecule has 0 saturated heterocycles. The zero-order valence-corrected chi connectivity index (χ0v) is 12.8. The van der Waals surface area contributed by atoms with Crippen molar-refractivity contribution in [3.8, 4) is 0 Å². The molecule has 0 aliphatic heterocycles. The van der Waals surface area contributed by atoms with Gasteiger partial charge in [0.05, 0.1) is 16.3 Å². The van der Waals surface area contributed by atoms with Gasteiger partial charge in [-0.1, -0.05) is 13.8 Å². The molecule has 1 atom stereocenters. The summed E-state index contributed by atoms with van der Waals surface area (Å²) < 4.78 is 0. The second kappa shape index (κ2) is 6.86. The molecule has 108 valence electrons. The lowest BCUT2D eigenvalue weighted by Gasteiger charge is -2.27. The smallest absolute Gasteiger partial charge is 0.314 e. The lowest BCUT2D eigenvalue weighted by molar-refractivity contribution is 0.0166. The van der Waals surface area contributed by atoms with Crippen molar-refractivity contribution < 1.29 is 9.90 Å². The van der Waals surface area contributed by atoms with Crippen LogP contribution in [-0.2, 0) is 6.42 Å². The van der Waals surface area contributed by atoms with Gasteiger partial charge in [-0.25, -0.2) is 9.78 Å². The number of nitrogens with one attached hydrogen (secondary N) is 2. The number of hydrogen-bond donors (Lipinski definition) is 3. The SMILES string of the molecule is Cc1nc(CCNC(=O)NCC(C)(O)C(C)C)cs1. The van der Waals surface area contributed by atoms with Gasteiger partial charge in [-0.3, -0.25) is 0 Å². The molecule has 2 amide bonds. The van der Waals surface area contributed by atoms with Gasteiger partial charge in [0.1, 0.15) is 0 Å². The summed E-state index contributed by atoms with van der Waals surface area (Å²) in [6, 6.07) is -0.257. The van der Waals surface area contributed by atoms with Gasteiger partial charge in [0.15, 0.2) is 0 Å². The fourth-order valence-corrected chi connectivity index (χ4v) is 2.00. The summed E-state index contributed by atoms with van der Waals surface area (Å²) >= 11 is 1.61. The predicted octanol–water partition coefficient (Wildman–Crippen LogP) is 1.70. The summed E-state index contributed by atoms with van der Waals surface area (Å²) in [5.41, 5.74) is 0.112. The van der Waals surface area contributed by atoms with E-state index in [4.69, 9.17) is 0 Å². The summed E-state index contributed by atoms with van der Waals surface area (Å²) in [6.07, 6.45) is 0.721. The largest absolute Gasteiger partial charge is 0.388 e. The number of aliphatic hydroxyl groups is 1. The highest BCUT2D eigenvalue weighted by atomic mass is 32.1. The topological polar surface area (TPSA) is 74.2 Å². The number of hydrogen-bond acceptors (Lipinski definition) is 4. The Balaban J connectivity index is 2.21. The number of urea groups is 1. The predicted molar refractivity (Wildman–Crippen MR) is 77.4 cm³/mol. The van der Waals surface area contributed by atoms with E-state index in [1.165, 1.54) is 0 Å². The van der Waals surface area contributed by atoms with E-state index in [0.717, 1.165) is 17.1 Å². The van der Waals surface area contributed by atoms with Crippen LogP contribution in [0.4, 0.5) is 4.79 Å². The number of aromatic nitrogens is 1. The number of rotatable bonds is 6. The molecule has 0 radical (unpaired) electrons. The van der Waals surface area contributed by atoms with Gasteiger partial charge >= 0.3 is 6.03 Å². The molecular formula is C13H23N3O2S. The first-order valence-corrected chi connectivity index (χ1v) is 7.34. The van der Waals surface area contributed by atoms with Crippen molar-refractivity contribution >= 4 is 17.4 Å². The van der Waals surface area contributed by atoms with Gasteiger partial charge in [-0.15, -0.1) is 11.3 Å². The number of carbonyl (C=O) groups is 1. The molecule has 1 unspecified atom stereocenters. The molecule has 0 aliphatic carbocycles. The van der Waals surface area contributed by atoms with E-state index in [0.29, 0.717) is 6.54 Å². The van der Waals surface area contributed by atoms with E-state index in [1.807, 2.05) is 26.2 Å². The van der Waals surface area contributed by atoms with Crippen LogP contribution in [0.25, 0.3) is 0 Å². The first-order valence-electron chi connectivity index (χ1n) is 6.46. The van der Waals surface area contributed by atoms with Gasteiger partial charge in [-0.2, -0.15) is 0 Å². The first kappa shape index (κ1) is 15.9. The zero-order chi connectivity index (χ0) is 14.5. The minimum Gasteiger partial charge on any atom is -0.388 e. The van der Waals surface area contributed by atoms with E-state index in [9.17, 15) is 9.90 Å². The second-order valence-corrected chi connectivity index (χ2v) is 6.29. The Morgan fingerprint density at radius 1 is 1.53 bits per heavy atom. The second-order valence-electron chi connectivity index (χ2n) is 5.23. The van der Waals surface area contributed by atoms with Gasteiger partial charge in [0.2, 0.25) is 0 Å². The molecule has 5 nitrogen and oxygen atoms in total. The molecule has 1 aromatic heterocycles. The third-order valence-corrected chi connectivity index (χ3v) is 4.01. The summed E-state index contributed by atoms with van der Waals surface area (Å²) in [6.45, 7) is 8.30. The summed E-state index contributed by atoms with van der Waals surface area (Å²) in [4.78, 5) is 15.9. The van der Waals surface area contributed by atoms with Crippen LogP contribution in [0.3, 0.4) is 0 Å². The van der Waals surface area contributed by atoms with E-state index >= 15 is 0 Å². The van der Waals surface area contributed by atoms with Gasteiger partial charge in [-0.05, 0) is 19.8 Å². The van der Waals surface area contributed by atoms with Gasteiger partial charge in [0.25, 0.3) is 0 Å². The average molecular weight is 285 g/mol. The fraction of sp³-hybridized carbons (Fsp3) is 0.692. The number of nitrogens with zero attached hydrogens (tertiary/aromatic N) is 1. The number of thiazole rings is 1. The fourth-order valence-electron chi connectivity index (χ4n) is 1.35. The maximum Gasteiger partial charge on any atom is 0.314 e. The van der Waals surface area contributed by atoms with E-state index in [1.54, 1.807) is 18.3 Å². The maximum absolute atomic E-state index is 11.6. The highest BCUT2D eigenvalue weighted by molar-refractivity contribution is 7.09. The molecule has 1 heterocycles.